The largest absolute Gasteiger partial charge is 0.365 e. The van der Waals surface area contributed by atoms with Gasteiger partial charge in [0.2, 0.25) is 0 Å². The van der Waals surface area contributed by atoms with Crippen LogP contribution in [0.25, 0.3) is 0 Å². The molecule has 1 aromatic rings. The van der Waals surface area contributed by atoms with Gasteiger partial charge in [-0.3, -0.25) is 10.2 Å². The molecule has 110 valence electrons. The lowest BCUT2D eigenvalue weighted by Crippen LogP contribution is -2.95. The lowest BCUT2D eigenvalue weighted by Gasteiger charge is -2.24. The second-order valence-corrected chi connectivity index (χ2v) is 5.76. The quantitative estimate of drug-likeness (QED) is 0.451. The number of primary amides is 1. The highest BCUT2D eigenvalue weighted by Gasteiger charge is 2.50. The highest BCUT2D eigenvalue weighted by molar-refractivity contribution is 6.26. The third-order valence-corrected chi connectivity index (χ3v) is 4.10. The van der Waals surface area contributed by atoms with Crippen molar-refractivity contribution in [2.24, 2.45) is 5.73 Å². The summed E-state index contributed by atoms with van der Waals surface area (Å²) in [6.07, 6.45) is 2.17. The molecule has 21 heavy (non-hydrogen) atoms. The number of halogens is 1. The molecular formula is C15H18FN4O+. The molecule has 0 radical (unpaired) electrons. The van der Waals surface area contributed by atoms with Crippen LogP contribution in [0.1, 0.15) is 18.4 Å². The molecule has 6 heteroatoms. The van der Waals surface area contributed by atoms with Crippen molar-refractivity contribution >= 4 is 11.6 Å². The molecule has 1 aliphatic heterocycles. The second kappa shape index (κ2) is 5.05. The molecule has 1 saturated carbocycles. The van der Waals surface area contributed by atoms with E-state index in [4.69, 9.17) is 11.1 Å². The lowest BCUT2D eigenvalue weighted by molar-refractivity contribution is -0.663. The van der Waals surface area contributed by atoms with E-state index < -0.39 is 11.7 Å². The van der Waals surface area contributed by atoms with E-state index >= 15 is 0 Å². The third kappa shape index (κ3) is 2.72. The van der Waals surface area contributed by atoms with Crippen LogP contribution in [0.5, 0.6) is 0 Å². The zero-order valence-electron chi connectivity index (χ0n) is 11.6. The Morgan fingerprint density at radius 2 is 2.19 bits per heavy atom. The van der Waals surface area contributed by atoms with Crippen molar-refractivity contribution in [3.8, 4) is 0 Å². The van der Waals surface area contributed by atoms with Crippen LogP contribution in [-0.2, 0) is 4.79 Å². The third-order valence-electron chi connectivity index (χ3n) is 4.10. The van der Waals surface area contributed by atoms with Gasteiger partial charge in [-0.1, -0.05) is 12.1 Å². The van der Waals surface area contributed by atoms with Crippen LogP contribution in [0.3, 0.4) is 0 Å². The van der Waals surface area contributed by atoms with E-state index in [1.54, 1.807) is 6.07 Å². The minimum Gasteiger partial charge on any atom is -0.365 e. The Kier molecular flexibility index (Phi) is 3.35. The summed E-state index contributed by atoms with van der Waals surface area (Å²) in [5.74, 6) is -1.08. The van der Waals surface area contributed by atoms with Crippen LogP contribution in [0, 0.1) is 11.2 Å². The Labute approximate surface area is 121 Å². The smallest absolute Gasteiger partial charge is 0.256 e. The summed E-state index contributed by atoms with van der Waals surface area (Å²) < 4.78 is 13.3. The van der Waals surface area contributed by atoms with Crippen LogP contribution >= 0.6 is 0 Å². The highest BCUT2D eigenvalue weighted by Crippen LogP contribution is 2.32. The topological polar surface area (TPSA) is 95.6 Å². The first-order valence-electron chi connectivity index (χ1n) is 6.95. The number of carbonyl (C=O) groups excluding carboxylic acids is 1. The number of nitrogens with one attached hydrogen (secondary N) is 2. The summed E-state index contributed by atoms with van der Waals surface area (Å²) >= 11 is 0. The van der Waals surface area contributed by atoms with Gasteiger partial charge in [0.1, 0.15) is 22.6 Å². The van der Waals surface area contributed by atoms with E-state index in [9.17, 15) is 9.18 Å². The summed E-state index contributed by atoms with van der Waals surface area (Å²) in [6, 6.07) is 5.68. The Bertz CT molecular complexity index is 649. The molecule has 0 unspecified atom stereocenters. The van der Waals surface area contributed by atoms with E-state index in [0.717, 1.165) is 25.1 Å². The summed E-state index contributed by atoms with van der Waals surface area (Å²) in [5.41, 5.74) is 6.87. The Morgan fingerprint density at radius 1 is 1.43 bits per heavy atom. The minimum absolute atomic E-state index is 0.0206. The number of rotatable bonds is 3. The summed E-state index contributed by atoms with van der Waals surface area (Å²) in [7, 11) is 0. The second-order valence-electron chi connectivity index (χ2n) is 5.76. The zero-order valence-corrected chi connectivity index (χ0v) is 11.6. The molecule has 1 saturated heterocycles. The van der Waals surface area contributed by atoms with Crippen LogP contribution in [0.4, 0.5) is 4.39 Å². The van der Waals surface area contributed by atoms with Crippen molar-refractivity contribution in [2.45, 2.75) is 18.4 Å². The molecule has 1 aromatic carbocycles. The molecule has 3 rings (SSSR count). The van der Waals surface area contributed by atoms with Crippen LogP contribution < -0.4 is 16.4 Å². The molecule has 1 heterocycles. The lowest BCUT2D eigenvalue weighted by atomic mass is 9.98. The van der Waals surface area contributed by atoms with E-state index in [1.807, 2.05) is 0 Å². The number of hydrogen-bond donors (Lipinski definition) is 4. The summed E-state index contributed by atoms with van der Waals surface area (Å²) in [5, 5.41) is 13.6. The summed E-state index contributed by atoms with van der Waals surface area (Å²) in [4.78, 5) is 11.8. The molecule has 6 N–H and O–H groups in total. The highest BCUT2D eigenvalue weighted by atomic mass is 19.1. The predicted molar refractivity (Wildman–Crippen MR) is 76.2 cm³/mol. The van der Waals surface area contributed by atoms with Gasteiger partial charge in [0.15, 0.2) is 0 Å². The number of amides is 1. The number of piperazine rings is 1. The van der Waals surface area contributed by atoms with Gasteiger partial charge in [-0.15, -0.1) is 0 Å². The number of hydrogen-bond acceptors (Lipinski definition) is 3. The van der Waals surface area contributed by atoms with Gasteiger partial charge < -0.3 is 16.4 Å². The average Bonchev–Trinajstić information content (AvgIpc) is 3.17. The average molecular weight is 289 g/mol. The first-order valence-corrected chi connectivity index (χ1v) is 6.95. The van der Waals surface area contributed by atoms with Gasteiger partial charge in [0.05, 0.1) is 18.8 Å². The molecule has 0 bridgehead atoms. The number of quaternary nitrogens is 1. The van der Waals surface area contributed by atoms with E-state index in [-0.39, 0.29) is 16.8 Å². The zero-order chi connectivity index (χ0) is 15.0. The standard InChI is InChI=1S/C15H17FN4O/c16-10-3-1-2-9(6-10)13(17)12(14(18)21)11-7-19-8-15(20-11)4-5-15/h1-3,6,17,19-20H,4-5,7-8H2,(H2,18,21)/p+1/b12-11+,17-13?. The predicted octanol–water partition coefficient (Wildman–Crippen LogP) is -0.368. The molecule has 0 aromatic heterocycles. The van der Waals surface area contributed by atoms with Crippen molar-refractivity contribution in [3.63, 3.8) is 0 Å². The minimum atomic E-state index is -0.644. The SMILES string of the molecule is N=C(/C(C(N)=O)=C1/CNCC2(CC2)[NH2+]1)c1cccc(F)c1. The maximum Gasteiger partial charge on any atom is 0.256 e. The maximum atomic E-state index is 13.3. The monoisotopic (exact) mass is 289 g/mol. The van der Waals surface area contributed by atoms with E-state index in [0.29, 0.717) is 12.1 Å². The number of benzene rings is 1. The molecule has 5 nitrogen and oxygen atoms in total. The van der Waals surface area contributed by atoms with E-state index in [2.05, 4.69) is 10.6 Å². The molecule has 1 spiro atoms. The van der Waals surface area contributed by atoms with Crippen molar-refractivity contribution in [1.29, 1.82) is 5.41 Å². The Morgan fingerprint density at radius 3 is 2.81 bits per heavy atom. The van der Waals surface area contributed by atoms with Gasteiger partial charge in [-0.05, 0) is 12.1 Å². The van der Waals surface area contributed by atoms with Gasteiger partial charge in [0, 0.05) is 18.4 Å². The normalized spacial score (nSPS) is 22.0. The molecule has 2 fully saturated rings. The van der Waals surface area contributed by atoms with Gasteiger partial charge in [-0.25, -0.2) is 4.39 Å². The first kappa shape index (κ1) is 13.9. The fourth-order valence-electron chi connectivity index (χ4n) is 2.79. The summed E-state index contributed by atoms with van der Waals surface area (Å²) in [6.45, 7) is 1.41. The van der Waals surface area contributed by atoms with Crippen molar-refractivity contribution in [2.75, 3.05) is 13.1 Å². The number of carbonyl (C=O) groups is 1. The molecule has 0 atom stereocenters. The van der Waals surface area contributed by atoms with Gasteiger partial charge in [-0.2, -0.15) is 0 Å². The van der Waals surface area contributed by atoms with Crippen LogP contribution in [0.2, 0.25) is 0 Å². The molecule has 1 amide bonds. The molecule has 2 aliphatic rings. The number of nitrogens with two attached hydrogens (primary N) is 2. The first-order chi connectivity index (χ1) is 10.0. The fraction of sp³-hybridized carbons (Fsp3) is 0.333. The van der Waals surface area contributed by atoms with Gasteiger partial charge >= 0.3 is 0 Å². The van der Waals surface area contributed by atoms with Crippen molar-refractivity contribution < 1.29 is 14.5 Å². The molecule has 1 aliphatic carbocycles. The van der Waals surface area contributed by atoms with Crippen LogP contribution in [0.15, 0.2) is 35.5 Å². The van der Waals surface area contributed by atoms with Gasteiger partial charge in [0.25, 0.3) is 5.91 Å². The Balaban J connectivity index is 1.98. The molecular weight excluding hydrogens is 271 g/mol. The fourth-order valence-corrected chi connectivity index (χ4v) is 2.79. The van der Waals surface area contributed by atoms with Crippen molar-refractivity contribution in [1.82, 2.24) is 5.32 Å². The maximum absolute atomic E-state index is 13.3. The van der Waals surface area contributed by atoms with E-state index in [1.165, 1.54) is 18.2 Å². The Hall–Kier alpha value is -2.05. The van der Waals surface area contributed by atoms with Crippen molar-refractivity contribution in [3.05, 3.63) is 46.9 Å². The van der Waals surface area contributed by atoms with Crippen LogP contribution in [-0.4, -0.2) is 30.2 Å².